The van der Waals surface area contributed by atoms with Crippen molar-refractivity contribution < 1.29 is 0 Å². The normalized spacial score (nSPS) is 18.4. The van der Waals surface area contributed by atoms with E-state index in [0.29, 0.717) is 10.9 Å². The van der Waals surface area contributed by atoms with Crippen molar-refractivity contribution in [2.45, 2.75) is 38.0 Å². The Kier molecular flexibility index (Phi) is 2.97. The van der Waals surface area contributed by atoms with Crippen molar-refractivity contribution >= 4 is 17.3 Å². The summed E-state index contributed by atoms with van der Waals surface area (Å²) in [6.45, 7) is 0. The number of nitrogen functional groups attached to an aromatic ring is 1. The zero-order valence-corrected chi connectivity index (χ0v) is 9.06. The maximum atomic E-state index is 6.01. The number of hydrogen-bond acceptors (Lipinski definition) is 1. The van der Waals surface area contributed by atoms with Crippen LogP contribution >= 0.6 is 11.6 Å². The van der Waals surface area contributed by atoms with Crippen LogP contribution in [-0.4, -0.2) is 0 Å². The first-order chi connectivity index (χ1) is 6.79. The van der Waals surface area contributed by atoms with E-state index in [1.807, 2.05) is 12.1 Å². The number of halogens is 1. The largest absolute Gasteiger partial charge is 0.397 e. The van der Waals surface area contributed by atoms with Crippen LogP contribution in [0.1, 0.15) is 43.6 Å². The van der Waals surface area contributed by atoms with Crippen LogP contribution in [0.3, 0.4) is 0 Å². The summed E-state index contributed by atoms with van der Waals surface area (Å²) in [6, 6.07) is 5.99. The number of hydrogen-bond donors (Lipinski definition) is 1. The lowest BCUT2D eigenvalue weighted by Gasteiger charge is -2.23. The van der Waals surface area contributed by atoms with Gasteiger partial charge in [-0.25, -0.2) is 0 Å². The number of anilines is 1. The van der Waals surface area contributed by atoms with E-state index in [1.165, 1.54) is 37.7 Å². The summed E-state index contributed by atoms with van der Waals surface area (Å²) in [5.74, 6) is 0.641. The molecule has 1 saturated carbocycles. The molecule has 0 radical (unpaired) electrons. The van der Waals surface area contributed by atoms with Crippen molar-refractivity contribution in [1.29, 1.82) is 0 Å². The molecule has 0 amide bonds. The molecule has 0 aliphatic heterocycles. The van der Waals surface area contributed by atoms with Crippen LogP contribution in [0.5, 0.6) is 0 Å². The topological polar surface area (TPSA) is 26.0 Å². The van der Waals surface area contributed by atoms with Gasteiger partial charge in [-0.3, -0.25) is 0 Å². The van der Waals surface area contributed by atoms with Crippen LogP contribution in [0.2, 0.25) is 5.02 Å². The lowest BCUT2D eigenvalue weighted by molar-refractivity contribution is 0.444. The standard InChI is InChI=1S/C12H16ClN/c13-11-8-4-7-10(12(11)14)9-5-2-1-3-6-9/h4,7-9H,1-3,5-6,14H2. The zero-order valence-electron chi connectivity index (χ0n) is 8.30. The molecule has 2 N–H and O–H groups in total. The molecule has 0 aromatic heterocycles. The Morgan fingerprint density at radius 2 is 1.86 bits per heavy atom. The van der Waals surface area contributed by atoms with E-state index in [9.17, 15) is 0 Å². The first-order valence-electron chi connectivity index (χ1n) is 5.33. The summed E-state index contributed by atoms with van der Waals surface area (Å²) in [4.78, 5) is 0. The van der Waals surface area contributed by atoms with Crippen molar-refractivity contribution in [3.8, 4) is 0 Å². The zero-order chi connectivity index (χ0) is 9.97. The van der Waals surface area contributed by atoms with Gasteiger partial charge < -0.3 is 5.73 Å². The Morgan fingerprint density at radius 1 is 1.14 bits per heavy atom. The fourth-order valence-electron chi connectivity index (χ4n) is 2.32. The molecule has 1 fully saturated rings. The number of benzene rings is 1. The van der Waals surface area contributed by atoms with Gasteiger partial charge in [0.25, 0.3) is 0 Å². The van der Waals surface area contributed by atoms with Crippen molar-refractivity contribution in [3.63, 3.8) is 0 Å². The molecule has 1 nitrogen and oxygen atoms in total. The Morgan fingerprint density at radius 3 is 2.57 bits per heavy atom. The van der Waals surface area contributed by atoms with Crippen LogP contribution in [0.4, 0.5) is 5.69 Å². The smallest absolute Gasteiger partial charge is 0.0638 e. The van der Waals surface area contributed by atoms with Gasteiger partial charge in [-0.05, 0) is 30.4 Å². The molecule has 76 valence electrons. The fraction of sp³-hybridized carbons (Fsp3) is 0.500. The van der Waals surface area contributed by atoms with Crippen molar-refractivity contribution in [1.82, 2.24) is 0 Å². The summed E-state index contributed by atoms with van der Waals surface area (Å²) < 4.78 is 0. The molecule has 0 spiro atoms. The third-order valence-electron chi connectivity index (χ3n) is 3.13. The number of nitrogens with two attached hydrogens (primary N) is 1. The molecular weight excluding hydrogens is 194 g/mol. The van der Waals surface area contributed by atoms with E-state index in [2.05, 4.69) is 6.07 Å². The highest BCUT2D eigenvalue weighted by molar-refractivity contribution is 6.33. The molecule has 2 rings (SSSR count). The van der Waals surface area contributed by atoms with Gasteiger partial charge in [-0.2, -0.15) is 0 Å². The van der Waals surface area contributed by atoms with Crippen LogP contribution in [-0.2, 0) is 0 Å². The Bertz CT molecular complexity index is 316. The number of rotatable bonds is 1. The summed E-state index contributed by atoms with van der Waals surface area (Å²) in [5.41, 5.74) is 8.04. The Balaban J connectivity index is 2.26. The highest BCUT2D eigenvalue weighted by atomic mass is 35.5. The van der Waals surface area contributed by atoms with Crippen molar-refractivity contribution in [2.24, 2.45) is 0 Å². The minimum atomic E-state index is 0.641. The maximum Gasteiger partial charge on any atom is 0.0638 e. The van der Waals surface area contributed by atoms with Gasteiger partial charge in [0.1, 0.15) is 0 Å². The van der Waals surface area contributed by atoms with Crippen LogP contribution in [0, 0.1) is 0 Å². The molecule has 0 unspecified atom stereocenters. The second-order valence-corrected chi connectivity index (χ2v) is 4.48. The van der Waals surface area contributed by atoms with Gasteiger partial charge in [0.15, 0.2) is 0 Å². The monoisotopic (exact) mass is 209 g/mol. The molecule has 1 aliphatic carbocycles. The average molecular weight is 210 g/mol. The van der Waals surface area contributed by atoms with E-state index in [4.69, 9.17) is 17.3 Å². The lowest BCUT2D eigenvalue weighted by atomic mass is 9.83. The highest BCUT2D eigenvalue weighted by Gasteiger charge is 2.18. The lowest BCUT2D eigenvalue weighted by Crippen LogP contribution is -2.07. The van der Waals surface area contributed by atoms with Crippen molar-refractivity contribution in [2.75, 3.05) is 5.73 Å². The SMILES string of the molecule is Nc1c(Cl)cccc1C1CCCCC1. The van der Waals surface area contributed by atoms with E-state index in [-0.39, 0.29) is 0 Å². The van der Waals surface area contributed by atoms with E-state index >= 15 is 0 Å². The van der Waals surface area contributed by atoms with Gasteiger partial charge in [-0.1, -0.05) is 43.0 Å². The third kappa shape index (κ3) is 1.88. The van der Waals surface area contributed by atoms with E-state index < -0.39 is 0 Å². The predicted octanol–water partition coefficient (Wildman–Crippen LogP) is 3.97. The molecule has 1 aliphatic rings. The summed E-state index contributed by atoms with van der Waals surface area (Å²) in [7, 11) is 0. The summed E-state index contributed by atoms with van der Waals surface area (Å²) in [6.07, 6.45) is 6.57. The minimum absolute atomic E-state index is 0.641. The summed E-state index contributed by atoms with van der Waals surface area (Å²) >= 11 is 6.01. The second kappa shape index (κ2) is 4.22. The number of para-hydroxylation sites is 1. The Hall–Kier alpha value is -0.690. The first kappa shape index (κ1) is 9.85. The molecule has 0 heterocycles. The molecule has 1 aromatic carbocycles. The second-order valence-electron chi connectivity index (χ2n) is 4.08. The van der Waals surface area contributed by atoms with Crippen LogP contribution in [0.15, 0.2) is 18.2 Å². The van der Waals surface area contributed by atoms with Gasteiger partial charge in [-0.15, -0.1) is 0 Å². The van der Waals surface area contributed by atoms with Gasteiger partial charge in [0.05, 0.1) is 10.7 Å². The summed E-state index contributed by atoms with van der Waals surface area (Å²) in [5, 5.41) is 0.702. The first-order valence-corrected chi connectivity index (χ1v) is 5.70. The highest BCUT2D eigenvalue weighted by Crippen LogP contribution is 2.37. The van der Waals surface area contributed by atoms with Crippen LogP contribution in [0.25, 0.3) is 0 Å². The Labute approximate surface area is 90.3 Å². The molecule has 0 saturated heterocycles. The molecule has 2 heteroatoms. The fourth-order valence-corrected chi connectivity index (χ4v) is 2.51. The molecule has 0 bridgehead atoms. The molecular formula is C12H16ClN. The van der Waals surface area contributed by atoms with E-state index in [0.717, 1.165) is 5.69 Å². The van der Waals surface area contributed by atoms with Crippen molar-refractivity contribution in [3.05, 3.63) is 28.8 Å². The average Bonchev–Trinajstić information content (AvgIpc) is 2.23. The van der Waals surface area contributed by atoms with Gasteiger partial charge in [0, 0.05) is 0 Å². The third-order valence-corrected chi connectivity index (χ3v) is 3.46. The quantitative estimate of drug-likeness (QED) is 0.696. The van der Waals surface area contributed by atoms with Crippen LogP contribution < -0.4 is 5.73 Å². The maximum absolute atomic E-state index is 6.01. The molecule has 14 heavy (non-hydrogen) atoms. The van der Waals surface area contributed by atoms with E-state index in [1.54, 1.807) is 0 Å². The molecule has 1 aromatic rings. The predicted molar refractivity (Wildman–Crippen MR) is 61.7 cm³/mol. The molecule has 0 atom stereocenters. The minimum Gasteiger partial charge on any atom is -0.397 e. The van der Waals surface area contributed by atoms with Gasteiger partial charge >= 0.3 is 0 Å². The van der Waals surface area contributed by atoms with Gasteiger partial charge in [0.2, 0.25) is 0 Å².